The average Bonchev–Trinajstić information content (AvgIpc) is 2.27. The molecular formula is C13H20N2. The lowest BCUT2D eigenvalue weighted by atomic mass is 9.94. The molecule has 0 spiro atoms. The lowest BCUT2D eigenvalue weighted by molar-refractivity contribution is 0.499. The standard InChI is InChI=1S/C13H20N2/c1-9(2)13(14)12-8-7-10-5-3-4-6-11(10)15-12/h7-9,13H,3-6,14H2,1-2H3. The van der Waals surface area contributed by atoms with Gasteiger partial charge in [-0.1, -0.05) is 19.9 Å². The molecule has 0 amide bonds. The summed E-state index contributed by atoms with van der Waals surface area (Å²) in [5.74, 6) is 0.458. The number of pyridine rings is 1. The predicted molar refractivity (Wildman–Crippen MR) is 62.6 cm³/mol. The van der Waals surface area contributed by atoms with Crippen molar-refractivity contribution in [2.75, 3.05) is 0 Å². The Kier molecular flexibility index (Phi) is 3.06. The Morgan fingerprint density at radius 1 is 1.20 bits per heavy atom. The SMILES string of the molecule is CC(C)C(N)c1ccc2c(n1)CCCC2. The van der Waals surface area contributed by atoms with Crippen molar-refractivity contribution >= 4 is 0 Å². The molecular weight excluding hydrogens is 184 g/mol. The predicted octanol–water partition coefficient (Wildman–Crippen LogP) is 2.62. The summed E-state index contributed by atoms with van der Waals surface area (Å²) in [5.41, 5.74) is 9.89. The molecule has 0 fully saturated rings. The zero-order valence-electron chi connectivity index (χ0n) is 9.66. The number of fused-ring (bicyclic) bond motifs is 1. The van der Waals surface area contributed by atoms with Gasteiger partial charge in [0.05, 0.1) is 5.69 Å². The van der Waals surface area contributed by atoms with Crippen molar-refractivity contribution in [1.29, 1.82) is 0 Å². The van der Waals surface area contributed by atoms with Crippen LogP contribution in [0.5, 0.6) is 0 Å². The number of nitrogens with zero attached hydrogens (tertiary/aromatic N) is 1. The first-order valence-corrected chi connectivity index (χ1v) is 5.93. The largest absolute Gasteiger partial charge is 0.322 e. The van der Waals surface area contributed by atoms with Gasteiger partial charge < -0.3 is 5.73 Å². The van der Waals surface area contributed by atoms with E-state index in [0.29, 0.717) is 5.92 Å². The van der Waals surface area contributed by atoms with E-state index in [1.54, 1.807) is 0 Å². The topological polar surface area (TPSA) is 38.9 Å². The normalized spacial score (nSPS) is 17.6. The van der Waals surface area contributed by atoms with Crippen molar-refractivity contribution in [2.24, 2.45) is 11.7 Å². The molecule has 0 aromatic carbocycles. The fourth-order valence-corrected chi connectivity index (χ4v) is 2.13. The Labute approximate surface area is 91.9 Å². The van der Waals surface area contributed by atoms with E-state index < -0.39 is 0 Å². The van der Waals surface area contributed by atoms with E-state index in [1.807, 2.05) is 0 Å². The maximum absolute atomic E-state index is 6.11. The molecule has 1 aliphatic rings. The minimum atomic E-state index is 0.0808. The molecule has 0 aliphatic heterocycles. The third-order valence-electron chi connectivity index (χ3n) is 3.26. The van der Waals surface area contributed by atoms with Gasteiger partial charge in [0.15, 0.2) is 0 Å². The number of aryl methyl sites for hydroxylation is 2. The molecule has 0 saturated heterocycles. The summed E-state index contributed by atoms with van der Waals surface area (Å²) in [5, 5.41) is 0. The van der Waals surface area contributed by atoms with Crippen LogP contribution in [0.3, 0.4) is 0 Å². The fourth-order valence-electron chi connectivity index (χ4n) is 2.13. The molecule has 1 aliphatic carbocycles. The van der Waals surface area contributed by atoms with Crippen molar-refractivity contribution in [3.63, 3.8) is 0 Å². The van der Waals surface area contributed by atoms with Crippen LogP contribution in [-0.4, -0.2) is 4.98 Å². The van der Waals surface area contributed by atoms with Crippen LogP contribution in [0.4, 0.5) is 0 Å². The van der Waals surface area contributed by atoms with Gasteiger partial charge in [0.25, 0.3) is 0 Å². The van der Waals surface area contributed by atoms with Crippen LogP contribution in [0.25, 0.3) is 0 Å². The van der Waals surface area contributed by atoms with Gasteiger partial charge in [0, 0.05) is 11.7 Å². The van der Waals surface area contributed by atoms with E-state index in [9.17, 15) is 0 Å². The van der Waals surface area contributed by atoms with Crippen LogP contribution in [0, 0.1) is 5.92 Å². The first-order chi connectivity index (χ1) is 7.18. The molecule has 2 N–H and O–H groups in total. The molecule has 2 rings (SSSR count). The highest BCUT2D eigenvalue weighted by atomic mass is 14.8. The van der Waals surface area contributed by atoms with Crippen LogP contribution in [0.2, 0.25) is 0 Å². The summed E-state index contributed by atoms with van der Waals surface area (Å²) in [7, 11) is 0. The van der Waals surface area contributed by atoms with E-state index in [-0.39, 0.29) is 6.04 Å². The smallest absolute Gasteiger partial charge is 0.0577 e. The van der Waals surface area contributed by atoms with Gasteiger partial charge in [0.1, 0.15) is 0 Å². The van der Waals surface area contributed by atoms with Gasteiger partial charge >= 0.3 is 0 Å². The molecule has 2 nitrogen and oxygen atoms in total. The van der Waals surface area contributed by atoms with Crippen LogP contribution in [-0.2, 0) is 12.8 Å². The highest BCUT2D eigenvalue weighted by Crippen LogP contribution is 2.23. The number of hydrogen-bond donors (Lipinski definition) is 1. The highest BCUT2D eigenvalue weighted by molar-refractivity contribution is 5.26. The van der Waals surface area contributed by atoms with E-state index in [2.05, 4.69) is 26.0 Å². The van der Waals surface area contributed by atoms with Gasteiger partial charge in [-0.3, -0.25) is 4.98 Å². The van der Waals surface area contributed by atoms with Crippen molar-refractivity contribution in [3.8, 4) is 0 Å². The van der Waals surface area contributed by atoms with Gasteiger partial charge in [-0.2, -0.15) is 0 Å². The second kappa shape index (κ2) is 4.31. The summed E-state index contributed by atoms with van der Waals surface area (Å²) in [6.07, 6.45) is 4.91. The molecule has 1 atom stereocenters. The number of hydrogen-bond acceptors (Lipinski definition) is 2. The number of nitrogens with two attached hydrogens (primary N) is 1. The van der Waals surface area contributed by atoms with Gasteiger partial charge in [-0.25, -0.2) is 0 Å². The molecule has 1 unspecified atom stereocenters. The van der Waals surface area contributed by atoms with Crippen molar-refractivity contribution in [3.05, 3.63) is 29.1 Å². The molecule has 0 radical (unpaired) electrons. The molecule has 1 heterocycles. The summed E-state index contributed by atoms with van der Waals surface area (Å²) < 4.78 is 0. The molecule has 82 valence electrons. The Hall–Kier alpha value is -0.890. The first-order valence-electron chi connectivity index (χ1n) is 5.93. The summed E-state index contributed by atoms with van der Waals surface area (Å²) in [6, 6.07) is 4.41. The van der Waals surface area contributed by atoms with Crippen LogP contribution < -0.4 is 5.73 Å². The quantitative estimate of drug-likeness (QED) is 0.804. The molecule has 0 bridgehead atoms. The zero-order chi connectivity index (χ0) is 10.8. The fraction of sp³-hybridized carbons (Fsp3) is 0.615. The second-order valence-corrected chi connectivity index (χ2v) is 4.82. The maximum atomic E-state index is 6.11. The van der Waals surface area contributed by atoms with Crippen molar-refractivity contribution < 1.29 is 0 Å². The third-order valence-corrected chi connectivity index (χ3v) is 3.26. The Balaban J connectivity index is 2.27. The Morgan fingerprint density at radius 2 is 1.93 bits per heavy atom. The lowest BCUT2D eigenvalue weighted by Gasteiger charge is -2.19. The monoisotopic (exact) mass is 204 g/mol. The molecule has 2 heteroatoms. The second-order valence-electron chi connectivity index (χ2n) is 4.82. The summed E-state index contributed by atoms with van der Waals surface area (Å²) in [6.45, 7) is 4.29. The van der Waals surface area contributed by atoms with E-state index in [0.717, 1.165) is 12.1 Å². The maximum Gasteiger partial charge on any atom is 0.0577 e. The molecule has 1 aromatic rings. The minimum absolute atomic E-state index is 0.0808. The van der Waals surface area contributed by atoms with Gasteiger partial charge in [0.2, 0.25) is 0 Å². The molecule has 1 aromatic heterocycles. The average molecular weight is 204 g/mol. The number of rotatable bonds is 2. The Bertz CT molecular complexity index is 344. The van der Waals surface area contributed by atoms with Crippen molar-refractivity contribution in [1.82, 2.24) is 4.98 Å². The van der Waals surface area contributed by atoms with E-state index >= 15 is 0 Å². The lowest BCUT2D eigenvalue weighted by Crippen LogP contribution is -2.19. The molecule has 15 heavy (non-hydrogen) atoms. The summed E-state index contributed by atoms with van der Waals surface area (Å²) in [4.78, 5) is 4.71. The highest BCUT2D eigenvalue weighted by Gasteiger charge is 2.15. The van der Waals surface area contributed by atoms with E-state index in [4.69, 9.17) is 10.7 Å². The van der Waals surface area contributed by atoms with Crippen LogP contribution >= 0.6 is 0 Å². The van der Waals surface area contributed by atoms with Gasteiger partial charge in [-0.15, -0.1) is 0 Å². The zero-order valence-corrected chi connectivity index (χ0v) is 9.66. The van der Waals surface area contributed by atoms with Gasteiger partial charge in [-0.05, 0) is 43.2 Å². The minimum Gasteiger partial charge on any atom is -0.322 e. The Morgan fingerprint density at radius 3 is 2.67 bits per heavy atom. The van der Waals surface area contributed by atoms with Crippen molar-refractivity contribution in [2.45, 2.75) is 45.6 Å². The van der Waals surface area contributed by atoms with E-state index in [1.165, 1.54) is 30.5 Å². The molecule has 0 saturated carbocycles. The van der Waals surface area contributed by atoms with Crippen LogP contribution in [0.15, 0.2) is 12.1 Å². The van der Waals surface area contributed by atoms with Crippen LogP contribution in [0.1, 0.15) is 49.7 Å². The summed E-state index contributed by atoms with van der Waals surface area (Å²) >= 11 is 0. The first kappa shape index (κ1) is 10.6. The number of aromatic nitrogens is 1. The third kappa shape index (κ3) is 2.20.